The summed E-state index contributed by atoms with van der Waals surface area (Å²) in [5.74, 6) is 0.623. The van der Waals surface area contributed by atoms with Gasteiger partial charge in [0.25, 0.3) is 0 Å². The van der Waals surface area contributed by atoms with Crippen LogP contribution in [-0.2, 0) is 18.3 Å². The SMILES string of the molecule is CNCCN(C)Cc1cnn(C)c1C1CCC2(CC1)CC(C)(C)CO2. The number of aromatic nitrogens is 2. The normalized spacial score (nSPS) is 29.0. The molecule has 1 aliphatic carbocycles. The van der Waals surface area contributed by atoms with Crippen LogP contribution in [0.4, 0.5) is 0 Å². The number of hydrogen-bond donors (Lipinski definition) is 1. The van der Waals surface area contributed by atoms with Crippen molar-refractivity contribution < 1.29 is 4.74 Å². The molecule has 5 heteroatoms. The minimum atomic E-state index is 0.155. The minimum Gasteiger partial charge on any atom is -0.374 e. The van der Waals surface area contributed by atoms with E-state index in [4.69, 9.17) is 4.74 Å². The lowest BCUT2D eigenvalue weighted by Gasteiger charge is -2.37. The minimum absolute atomic E-state index is 0.155. The molecule has 0 unspecified atom stereocenters. The van der Waals surface area contributed by atoms with Crippen LogP contribution in [0, 0.1) is 5.41 Å². The average Bonchev–Trinajstić information content (AvgIpc) is 3.07. The molecule has 2 fully saturated rings. The number of hydrogen-bond acceptors (Lipinski definition) is 4. The maximum atomic E-state index is 6.29. The van der Waals surface area contributed by atoms with Gasteiger partial charge in [-0.25, -0.2) is 0 Å². The van der Waals surface area contributed by atoms with Gasteiger partial charge in [-0.3, -0.25) is 4.68 Å². The van der Waals surface area contributed by atoms with Crippen LogP contribution in [0.25, 0.3) is 0 Å². The Morgan fingerprint density at radius 2 is 2.08 bits per heavy atom. The molecular weight excluding hydrogens is 312 g/mol. The monoisotopic (exact) mass is 348 g/mol. The Morgan fingerprint density at radius 1 is 1.36 bits per heavy atom. The fraction of sp³-hybridized carbons (Fsp3) is 0.850. The predicted molar refractivity (Wildman–Crippen MR) is 102 cm³/mol. The van der Waals surface area contributed by atoms with Gasteiger partial charge in [-0.1, -0.05) is 13.8 Å². The molecule has 25 heavy (non-hydrogen) atoms. The lowest BCUT2D eigenvalue weighted by Crippen LogP contribution is -2.34. The maximum Gasteiger partial charge on any atom is 0.0689 e. The Hall–Kier alpha value is -0.910. The first-order valence-corrected chi connectivity index (χ1v) is 9.82. The number of rotatable bonds is 6. The second kappa shape index (κ2) is 7.37. The largest absolute Gasteiger partial charge is 0.374 e. The van der Waals surface area contributed by atoms with Crippen LogP contribution in [0.2, 0.25) is 0 Å². The molecule has 0 atom stereocenters. The van der Waals surface area contributed by atoms with Gasteiger partial charge in [-0.15, -0.1) is 0 Å². The van der Waals surface area contributed by atoms with E-state index in [1.165, 1.54) is 43.4 Å². The van der Waals surface area contributed by atoms with Gasteiger partial charge in [0.2, 0.25) is 0 Å². The van der Waals surface area contributed by atoms with Crippen LogP contribution >= 0.6 is 0 Å². The first-order chi connectivity index (χ1) is 11.8. The second-order valence-corrected chi connectivity index (χ2v) is 9.11. The quantitative estimate of drug-likeness (QED) is 0.858. The zero-order valence-corrected chi connectivity index (χ0v) is 16.8. The molecule has 2 aliphatic rings. The van der Waals surface area contributed by atoms with Crippen LogP contribution in [-0.4, -0.2) is 54.1 Å². The molecule has 1 saturated heterocycles. The van der Waals surface area contributed by atoms with E-state index >= 15 is 0 Å². The van der Waals surface area contributed by atoms with Crippen molar-refractivity contribution >= 4 is 0 Å². The summed E-state index contributed by atoms with van der Waals surface area (Å²) in [7, 11) is 6.30. The lowest BCUT2D eigenvalue weighted by atomic mass is 9.72. The van der Waals surface area contributed by atoms with E-state index < -0.39 is 0 Å². The number of ether oxygens (including phenoxy) is 1. The van der Waals surface area contributed by atoms with Crippen molar-refractivity contribution in [3.05, 3.63) is 17.5 Å². The summed E-state index contributed by atoms with van der Waals surface area (Å²) in [4.78, 5) is 2.38. The molecule has 0 aromatic carbocycles. The van der Waals surface area contributed by atoms with Crippen molar-refractivity contribution in [3.8, 4) is 0 Å². The van der Waals surface area contributed by atoms with E-state index in [2.05, 4.69) is 54.1 Å². The molecule has 3 rings (SSSR count). The van der Waals surface area contributed by atoms with Crippen LogP contribution in [0.15, 0.2) is 6.20 Å². The molecule has 1 aromatic heterocycles. The fourth-order valence-electron chi connectivity index (χ4n) is 4.87. The Morgan fingerprint density at radius 3 is 2.68 bits per heavy atom. The van der Waals surface area contributed by atoms with Crippen molar-refractivity contribution in [1.29, 1.82) is 0 Å². The third-order valence-corrected chi connectivity index (χ3v) is 6.10. The van der Waals surface area contributed by atoms with E-state index in [1.54, 1.807) is 0 Å². The number of likely N-dealkylation sites (N-methyl/N-ethyl adjacent to an activating group) is 2. The molecule has 0 amide bonds. The van der Waals surface area contributed by atoms with Crippen LogP contribution in [0.3, 0.4) is 0 Å². The summed E-state index contributed by atoms with van der Waals surface area (Å²) < 4.78 is 8.41. The van der Waals surface area contributed by atoms with Crippen molar-refractivity contribution in [2.45, 2.75) is 64.0 Å². The number of nitrogens with zero attached hydrogens (tertiary/aromatic N) is 3. The van der Waals surface area contributed by atoms with Gasteiger partial charge in [0.05, 0.1) is 18.4 Å². The first-order valence-electron chi connectivity index (χ1n) is 9.82. The highest BCUT2D eigenvalue weighted by atomic mass is 16.5. The van der Waals surface area contributed by atoms with Crippen LogP contribution in [0.1, 0.15) is 63.1 Å². The Bertz CT molecular complexity index is 572. The number of aryl methyl sites for hydroxylation is 1. The molecule has 0 bridgehead atoms. The van der Waals surface area contributed by atoms with Crippen LogP contribution in [0.5, 0.6) is 0 Å². The second-order valence-electron chi connectivity index (χ2n) is 9.11. The molecule has 0 radical (unpaired) electrons. The smallest absolute Gasteiger partial charge is 0.0689 e. The van der Waals surface area contributed by atoms with Crippen LogP contribution < -0.4 is 5.32 Å². The Kier molecular flexibility index (Phi) is 5.57. The van der Waals surface area contributed by atoms with E-state index in [-0.39, 0.29) is 5.60 Å². The molecule has 1 N–H and O–H groups in total. The zero-order valence-electron chi connectivity index (χ0n) is 16.8. The molecule has 2 heterocycles. The van der Waals surface area contributed by atoms with Gasteiger partial charge in [-0.05, 0) is 51.6 Å². The lowest BCUT2D eigenvalue weighted by molar-refractivity contribution is -0.0298. The summed E-state index contributed by atoms with van der Waals surface area (Å²) in [5.41, 5.74) is 3.35. The molecule has 1 aliphatic heterocycles. The Labute approximate surface area is 153 Å². The van der Waals surface area contributed by atoms with E-state index in [1.807, 2.05) is 7.05 Å². The molecule has 142 valence electrons. The van der Waals surface area contributed by atoms with Gasteiger partial charge >= 0.3 is 0 Å². The standard InChI is InChI=1S/C20H36N4O/c1-19(2)14-20(25-15-19)8-6-16(7-9-20)18-17(12-22-24(18)5)13-23(4)11-10-21-3/h12,16,21H,6-11,13-15H2,1-5H3. The highest BCUT2D eigenvalue weighted by Crippen LogP contribution is 2.50. The van der Waals surface area contributed by atoms with Gasteiger partial charge in [0.1, 0.15) is 0 Å². The zero-order chi connectivity index (χ0) is 18.1. The third kappa shape index (κ3) is 4.26. The van der Waals surface area contributed by atoms with Crippen molar-refractivity contribution in [1.82, 2.24) is 20.0 Å². The third-order valence-electron chi connectivity index (χ3n) is 6.10. The first kappa shape index (κ1) is 18.9. The molecule has 5 nitrogen and oxygen atoms in total. The highest BCUT2D eigenvalue weighted by molar-refractivity contribution is 5.23. The fourth-order valence-corrected chi connectivity index (χ4v) is 4.87. The van der Waals surface area contributed by atoms with Crippen molar-refractivity contribution in [2.75, 3.05) is 33.8 Å². The number of nitrogens with one attached hydrogen (secondary N) is 1. The summed E-state index contributed by atoms with van der Waals surface area (Å²) in [6, 6.07) is 0. The van der Waals surface area contributed by atoms with Gasteiger partial charge in [0.15, 0.2) is 0 Å². The topological polar surface area (TPSA) is 42.3 Å². The molecule has 1 spiro atoms. The summed E-state index contributed by atoms with van der Waals surface area (Å²) in [6.45, 7) is 8.66. The van der Waals surface area contributed by atoms with E-state index in [0.717, 1.165) is 26.2 Å². The van der Waals surface area contributed by atoms with Crippen molar-refractivity contribution in [2.24, 2.45) is 12.5 Å². The van der Waals surface area contributed by atoms with E-state index in [0.29, 0.717) is 11.3 Å². The van der Waals surface area contributed by atoms with Gasteiger partial charge < -0.3 is 15.0 Å². The van der Waals surface area contributed by atoms with Crippen molar-refractivity contribution in [3.63, 3.8) is 0 Å². The molecular formula is C20H36N4O. The maximum absolute atomic E-state index is 6.29. The molecule has 1 aromatic rings. The summed E-state index contributed by atoms with van der Waals surface area (Å²) in [6.07, 6.45) is 8.14. The summed E-state index contributed by atoms with van der Waals surface area (Å²) >= 11 is 0. The van der Waals surface area contributed by atoms with Gasteiger partial charge in [-0.2, -0.15) is 5.10 Å². The molecule has 1 saturated carbocycles. The summed E-state index contributed by atoms with van der Waals surface area (Å²) in [5, 5.41) is 7.81. The van der Waals surface area contributed by atoms with Gasteiger partial charge in [0, 0.05) is 43.9 Å². The highest BCUT2D eigenvalue weighted by Gasteiger charge is 2.46. The van der Waals surface area contributed by atoms with E-state index in [9.17, 15) is 0 Å². The predicted octanol–water partition coefficient (Wildman–Crippen LogP) is 2.91. The average molecular weight is 349 g/mol. The Balaban J connectivity index is 1.64.